The van der Waals surface area contributed by atoms with Gasteiger partial charge >= 0.3 is 6.18 Å². The van der Waals surface area contributed by atoms with E-state index in [-0.39, 0.29) is 16.5 Å². The Kier molecular flexibility index (Phi) is 4.71. The first kappa shape index (κ1) is 19.3. The van der Waals surface area contributed by atoms with Gasteiger partial charge in [0.1, 0.15) is 11.7 Å². The summed E-state index contributed by atoms with van der Waals surface area (Å²) in [5.74, 6) is 5.82. The molecular weight excluding hydrogens is 423 g/mol. The van der Waals surface area contributed by atoms with Crippen molar-refractivity contribution in [2.45, 2.75) is 6.18 Å². The molecule has 0 bridgehead atoms. The number of rotatable bonds is 3. The molecule has 0 radical (unpaired) electrons. The summed E-state index contributed by atoms with van der Waals surface area (Å²) in [6.07, 6.45) is -4.56. The summed E-state index contributed by atoms with van der Waals surface area (Å²) in [7, 11) is 0. The molecule has 4 aromatic rings. The zero-order chi connectivity index (χ0) is 20.8. The summed E-state index contributed by atoms with van der Waals surface area (Å²) in [5.41, 5.74) is 6.29. The quantitative estimate of drug-likeness (QED) is 0.173. The molecule has 0 fully saturated rings. The maximum Gasteiger partial charge on any atom is 0.417 e. The van der Waals surface area contributed by atoms with E-state index >= 15 is 0 Å². The number of hydrogen-bond acceptors (Lipinski definition) is 5. The highest BCUT2D eigenvalue weighted by Crippen LogP contribution is 2.38. The molecule has 0 aliphatic carbocycles. The van der Waals surface area contributed by atoms with E-state index in [4.69, 9.17) is 23.2 Å². The second-order valence-electron chi connectivity index (χ2n) is 6.19. The molecule has 5 nitrogen and oxygen atoms in total. The Labute approximate surface area is 171 Å². The zero-order valence-electron chi connectivity index (χ0n) is 14.6. The minimum atomic E-state index is -4.56. The van der Waals surface area contributed by atoms with Crippen molar-refractivity contribution in [2.75, 3.05) is 5.32 Å². The lowest BCUT2D eigenvalue weighted by Crippen LogP contribution is -2.15. The van der Waals surface area contributed by atoms with E-state index in [1.54, 1.807) is 12.1 Å². The van der Waals surface area contributed by atoms with Crippen LogP contribution < -0.4 is 16.9 Å². The largest absolute Gasteiger partial charge is 0.417 e. The van der Waals surface area contributed by atoms with Crippen LogP contribution in [0.2, 0.25) is 5.02 Å². The number of aromatic nitrogens is 1. The topological polar surface area (TPSA) is 89.3 Å². The van der Waals surface area contributed by atoms with Crippen LogP contribution in [0.15, 0.2) is 52.9 Å². The van der Waals surface area contributed by atoms with Gasteiger partial charge in [0.15, 0.2) is 0 Å². The molecule has 0 spiro atoms. The van der Waals surface area contributed by atoms with Gasteiger partial charge in [-0.15, -0.1) is 11.3 Å². The van der Waals surface area contributed by atoms with Crippen molar-refractivity contribution >= 4 is 61.3 Å². The molecule has 2 aromatic carbocycles. The summed E-state index contributed by atoms with van der Waals surface area (Å²) in [6.45, 7) is 0. The molecule has 5 N–H and O–H groups in total. The Bertz CT molecular complexity index is 1270. The Balaban J connectivity index is 1.86. The summed E-state index contributed by atoms with van der Waals surface area (Å²) in [5, 5.41) is 9.67. The number of fused-ring (bicyclic) bond motifs is 3. The molecule has 0 saturated carbocycles. The molecule has 148 valence electrons. The van der Waals surface area contributed by atoms with E-state index in [0.29, 0.717) is 16.9 Å². The minimum absolute atomic E-state index is 0.155. The molecule has 29 heavy (non-hydrogen) atoms. The van der Waals surface area contributed by atoms with Crippen LogP contribution >= 0.6 is 22.9 Å². The number of hydrogen-bond donors (Lipinski definition) is 3. The summed E-state index contributed by atoms with van der Waals surface area (Å²) >= 11 is 7.21. The number of amidine groups is 1. The standard InChI is InChI=1S/C19H13ClF3N5S/c20-14-4-2-10(8-13(14)19(21,22)23)26-18-12-5-6-29-16(12)11-3-1-9(17(24)28-25)7-15(11)27-18/h1-8H,25H2,(H2,24,28)(H,26,27). The van der Waals surface area contributed by atoms with Crippen molar-refractivity contribution in [3.8, 4) is 0 Å². The van der Waals surface area contributed by atoms with Gasteiger partial charge in [0.2, 0.25) is 0 Å². The Morgan fingerprint density at radius 3 is 2.62 bits per heavy atom. The zero-order valence-corrected chi connectivity index (χ0v) is 16.2. The fraction of sp³-hybridized carbons (Fsp3) is 0.0526. The lowest BCUT2D eigenvalue weighted by molar-refractivity contribution is -0.137. The van der Waals surface area contributed by atoms with Gasteiger partial charge in [0.05, 0.1) is 16.1 Å². The number of halogens is 4. The second kappa shape index (κ2) is 7.09. The molecular formula is C19H13ClF3N5S. The fourth-order valence-corrected chi connectivity index (χ4v) is 4.14. The van der Waals surface area contributed by atoms with Gasteiger partial charge in [-0.3, -0.25) is 0 Å². The van der Waals surface area contributed by atoms with E-state index in [9.17, 15) is 13.2 Å². The Morgan fingerprint density at radius 1 is 1.10 bits per heavy atom. The van der Waals surface area contributed by atoms with Gasteiger partial charge in [0, 0.05) is 26.7 Å². The molecule has 0 aliphatic rings. The maximum atomic E-state index is 13.2. The Hall–Kier alpha value is -3.04. The summed E-state index contributed by atoms with van der Waals surface area (Å²) in [6, 6.07) is 10.9. The predicted molar refractivity (Wildman–Crippen MR) is 112 cm³/mol. The van der Waals surface area contributed by atoms with Crippen molar-refractivity contribution in [2.24, 2.45) is 16.7 Å². The van der Waals surface area contributed by atoms with Crippen LogP contribution in [0.3, 0.4) is 0 Å². The van der Waals surface area contributed by atoms with Crippen LogP contribution in [0.4, 0.5) is 24.7 Å². The van der Waals surface area contributed by atoms with Crippen LogP contribution in [-0.4, -0.2) is 10.8 Å². The van der Waals surface area contributed by atoms with Crippen molar-refractivity contribution in [1.29, 1.82) is 0 Å². The first-order valence-electron chi connectivity index (χ1n) is 8.26. The van der Waals surface area contributed by atoms with E-state index in [0.717, 1.165) is 21.5 Å². The van der Waals surface area contributed by atoms with Crippen LogP contribution in [0.1, 0.15) is 11.1 Å². The van der Waals surface area contributed by atoms with Gasteiger partial charge < -0.3 is 16.9 Å². The fourth-order valence-electron chi connectivity index (χ4n) is 2.99. The lowest BCUT2D eigenvalue weighted by Gasteiger charge is -2.13. The maximum absolute atomic E-state index is 13.2. The molecule has 0 amide bonds. The first-order valence-corrected chi connectivity index (χ1v) is 9.52. The Morgan fingerprint density at radius 2 is 1.90 bits per heavy atom. The molecule has 2 heterocycles. The molecule has 0 saturated heterocycles. The van der Waals surface area contributed by atoms with Gasteiger partial charge in [0.25, 0.3) is 0 Å². The third kappa shape index (κ3) is 3.54. The van der Waals surface area contributed by atoms with Crippen molar-refractivity contribution < 1.29 is 13.2 Å². The molecule has 0 atom stereocenters. The van der Waals surface area contributed by atoms with E-state index in [1.807, 2.05) is 17.5 Å². The van der Waals surface area contributed by atoms with E-state index in [2.05, 4.69) is 15.4 Å². The van der Waals surface area contributed by atoms with Crippen molar-refractivity contribution in [1.82, 2.24) is 4.98 Å². The number of benzene rings is 2. The van der Waals surface area contributed by atoms with Gasteiger partial charge in [-0.25, -0.2) is 4.98 Å². The number of thiophene rings is 1. The monoisotopic (exact) mass is 435 g/mol. The molecule has 4 rings (SSSR count). The summed E-state index contributed by atoms with van der Waals surface area (Å²) < 4.78 is 40.5. The minimum Gasteiger partial charge on any atom is -0.382 e. The highest BCUT2D eigenvalue weighted by molar-refractivity contribution is 7.18. The van der Waals surface area contributed by atoms with Gasteiger partial charge in [-0.1, -0.05) is 23.7 Å². The molecule has 2 aromatic heterocycles. The van der Waals surface area contributed by atoms with Crippen molar-refractivity contribution in [3.63, 3.8) is 0 Å². The van der Waals surface area contributed by atoms with E-state index in [1.165, 1.54) is 23.5 Å². The number of hydrazone groups is 1. The second-order valence-corrected chi connectivity index (χ2v) is 7.51. The third-order valence-corrected chi connectivity index (χ3v) is 5.64. The number of nitrogens with one attached hydrogen (secondary N) is 1. The molecule has 10 heteroatoms. The molecule has 0 aliphatic heterocycles. The number of nitrogens with zero attached hydrogens (tertiary/aromatic N) is 2. The lowest BCUT2D eigenvalue weighted by atomic mass is 10.1. The van der Waals surface area contributed by atoms with E-state index < -0.39 is 11.7 Å². The smallest absolute Gasteiger partial charge is 0.382 e. The third-order valence-electron chi connectivity index (χ3n) is 4.36. The van der Waals surface area contributed by atoms with Gasteiger partial charge in [-0.2, -0.15) is 18.3 Å². The normalized spacial score (nSPS) is 12.6. The first-order chi connectivity index (χ1) is 13.8. The van der Waals surface area contributed by atoms with Crippen LogP contribution in [0.25, 0.3) is 21.0 Å². The van der Waals surface area contributed by atoms with Crippen LogP contribution in [0, 0.1) is 0 Å². The molecule has 0 unspecified atom stereocenters. The number of anilines is 2. The average Bonchev–Trinajstić information content (AvgIpc) is 3.18. The average molecular weight is 436 g/mol. The van der Waals surface area contributed by atoms with Gasteiger partial charge in [-0.05, 0) is 35.7 Å². The number of nitrogens with two attached hydrogens (primary N) is 2. The summed E-state index contributed by atoms with van der Waals surface area (Å²) in [4.78, 5) is 4.59. The highest BCUT2D eigenvalue weighted by Gasteiger charge is 2.33. The van der Waals surface area contributed by atoms with Crippen LogP contribution in [0.5, 0.6) is 0 Å². The number of alkyl halides is 3. The highest BCUT2D eigenvalue weighted by atomic mass is 35.5. The SMILES string of the molecule is N/N=C(\N)c1ccc2c(c1)nc(Nc1ccc(Cl)c(C(F)(F)F)c1)c1ccsc12. The number of pyridine rings is 1. The van der Waals surface area contributed by atoms with Crippen LogP contribution in [-0.2, 0) is 6.18 Å². The van der Waals surface area contributed by atoms with Crippen molar-refractivity contribution in [3.05, 3.63) is 64.0 Å². The predicted octanol–water partition coefficient (Wildman–Crippen LogP) is 5.44.